The van der Waals surface area contributed by atoms with Crippen molar-refractivity contribution in [2.45, 2.75) is 19.9 Å². The zero-order valence-corrected chi connectivity index (χ0v) is 11.1. The predicted molar refractivity (Wildman–Crippen MR) is 73.9 cm³/mol. The Morgan fingerprint density at radius 1 is 1.42 bits per heavy atom. The molecule has 0 aliphatic carbocycles. The maximum atomic E-state index is 11.0. The van der Waals surface area contributed by atoms with Crippen molar-refractivity contribution >= 4 is 17.6 Å². The third kappa shape index (κ3) is 4.93. The molecule has 0 spiro atoms. The molecule has 0 saturated heterocycles. The molecule has 0 aliphatic heterocycles. The molecular formula is C14H18N2O3. The van der Waals surface area contributed by atoms with Gasteiger partial charge >= 0.3 is 5.97 Å². The molecular weight excluding hydrogens is 244 g/mol. The topological polar surface area (TPSA) is 78.4 Å². The van der Waals surface area contributed by atoms with Gasteiger partial charge in [0.15, 0.2) is 0 Å². The van der Waals surface area contributed by atoms with E-state index < -0.39 is 5.97 Å². The maximum Gasteiger partial charge on any atom is 0.332 e. The number of aliphatic carboxylic acids is 1. The molecule has 1 amide bonds. The van der Waals surface area contributed by atoms with E-state index in [4.69, 9.17) is 5.11 Å². The molecule has 0 heterocycles. The standard InChI is InChI=1S/C14H18N2O3/c1-9(14(18)19)8-15-10(2)12-5-4-6-13(7-12)16-11(3)17/h4-7,10,15H,1,8H2,2-3H3,(H,16,17)(H,18,19). The molecule has 1 unspecified atom stereocenters. The molecule has 0 fully saturated rings. The van der Waals surface area contributed by atoms with Gasteiger partial charge < -0.3 is 15.7 Å². The van der Waals surface area contributed by atoms with Crippen LogP contribution in [0.4, 0.5) is 5.69 Å². The number of rotatable bonds is 6. The SMILES string of the molecule is C=C(CNC(C)c1cccc(NC(C)=O)c1)C(=O)O. The molecule has 1 aromatic carbocycles. The van der Waals surface area contributed by atoms with Crippen LogP contribution in [0, 0.1) is 0 Å². The Balaban J connectivity index is 2.66. The first-order valence-corrected chi connectivity index (χ1v) is 5.92. The minimum Gasteiger partial charge on any atom is -0.478 e. The monoisotopic (exact) mass is 262 g/mol. The van der Waals surface area contributed by atoms with Crippen LogP contribution in [-0.4, -0.2) is 23.5 Å². The van der Waals surface area contributed by atoms with E-state index in [0.717, 1.165) is 11.3 Å². The van der Waals surface area contributed by atoms with Crippen LogP contribution in [0.1, 0.15) is 25.5 Å². The van der Waals surface area contributed by atoms with Gasteiger partial charge in [0.2, 0.25) is 5.91 Å². The lowest BCUT2D eigenvalue weighted by atomic mass is 10.1. The Kier molecular flexibility index (Phi) is 5.26. The maximum absolute atomic E-state index is 11.0. The van der Waals surface area contributed by atoms with E-state index in [0.29, 0.717) is 0 Å². The van der Waals surface area contributed by atoms with E-state index in [1.54, 1.807) is 6.07 Å². The number of benzene rings is 1. The fourth-order valence-corrected chi connectivity index (χ4v) is 1.56. The number of nitrogens with one attached hydrogen (secondary N) is 2. The molecule has 5 nitrogen and oxygen atoms in total. The molecule has 19 heavy (non-hydrogen) atoms. The van der Waals surface area contributed by atoms with Gasteiger partial charge in [0, 0.05) is 30.8 Å². The van der Waals surface area contributed by atoms with Crippen LogP contribution < -0.4 is 10.6 Å². The van der Waals surface area contributed by atoms with Crippen LogP contribution >= 0.6 is 0 Å². The van der Waals surface area contributed by atoms with E-state index in [-0.39, 0.29) is 24.1 Å². The number of amides is 1. The number of anilines is 1. The second kappa shape index (κ2) is 6.70. The van der Waals surface area contributed by atoms with Crippen molar-refractivity contribution in [2.75, 3.05) is 11.9 Å². The fourth-order valence-electron chi connectivity index (χ4n) is 1.56. The molecule has 0 aliphatic rings. The van der Waals surface area contributed by atoms with Crippen LogP contribution in [0.15, 0.2) is 36.4 Å². The van der Waals surface area contributed by atoms with Gasteiger partial charge in [-0.2, -0.15) is 0 Å². The number of carbonyl (C=O) groups is 2. The summed E-state index contributed by atoms with van der Waals surface area (Å²) < 4.78 is 0. The summed E-state index contributed by atoms with van der Waals surface area (Å²) in [6.07, 6.45) is 0. The Morgan fingerprint density at radius 3 is 2.68 bits per heavy atom. The van der Waals surface area contributed by atoms with E-state index >= 15 is 0 Å². The third-order valence-corrected chi connectivity index (χ3v) is 2.63. The van der Waals surface area contributed by atoms with Crippen molar-refractivity contribution in [2.24, 2.45) is 0 Å². The van der Waals surface area contributed by atoms with Gasteiger partial charge in [-0.25, -0.2) is 4.79 Å². The largest absolute Gasteiger partial charge is 0.478 e. The highest BCUT2D eigenvalue weighted by molar-refractivity contribution is 5.88. The van der Waals surface area contributed by atoms with Crippen LogP contribution in [0.5, 0.6) is 0 Å². The summed E-state index contributed by atoms with van der Waals surface area (Å²) in [5, 5.41) is 14.5. The first-order valence-electron chi connectivity index (χ1n) is 5.92. The number of carboxylic acid groups (broad SMARTS) is 1. The highest BCUT2D eigenvalue weighted by Gasteiger charge is 2.09. The lowest BCUT2D eigenvalue weighted by Gasteiger charge is -2.15. The smallest absolute Gasteiger partial charge is 0.332 e. The Bertz CT molecular complexity index is 497. The molecule has 0 radical (unpaired) electrons. The lowest BCUT2D eigenvalue weighted by molar-refractivity contribution is -0.132. The van der Waals surface area contributed by atoms with Crippen molar-refractivity contribution in [3.05, 3.63) is 42.0 Å². The summed E-state index contributed by atoms with van der Waals surface area (Å²) in [5.74, 6) is -1.14. The minimum absolute atomic E-state index is 0.0372. The molecule has 1 rings (SSSR count). The molecule has 0 bridgehead atoms. The Morgan fingerprint density at radius 2 is 2.11 bits per heavy atom. The fraction of sp³-hybridized carbons (Fsp3) is 0.286. The van der Waals surface area contributed by atoms with Crippen molar-refractivity contribution in [3.8, 4) is 0 Å². The highest BCUT2D eigenvalue weighted by Crippen LogP contribution is 2.17. The van der Waals surface area contributed by atoms with Gasteiger partial charge in [0.25, 0.3) is 0 Å². The van der Waals surface area contributed by atoms with Crippen molar-refractivity contribution in [1.82, 2.24) is 5.32 Å². The van der Waals surface area contributed by atoms with Crippen LogP contribution in [0.2, 0.25) is 0 Å². The second-order valence-electron chi connectivity index (χ2n) is 4.32. The quantitative estimate of drug-likeness (QED) is 0.684. The molecule has 0 saturated carbocycles. The highest BCUT2D eigenvalue weighted by atomic mass is 16.4. The van der Waals surface area contributed by atoms with Gasteiger partial charge in [0.1, 0.15) is 0 Å². The summed E-state index contributed by atoms with van der Waals surface area (Å²) in [5.41, 5.74) is 1.80. The summed E-state index contributed by atoms with van der Waals surface area (Å²) in [7, 11) is 0. The Labute approximate surface area is 112 Å². The molecule has 0 aromatic heterocycles. The molecule has 102 valence electrons. The van der Waals surface area contributed by atoms with Gasteiger partial charge in [0.05, 0.1) is 0 Å². The zero-order chi connectivity index (χ0) is 14.4. The first-order chi connectivity index (χ1) is 8.90. The summed E-state index contributed by atoms with van der Waals surface area (Å²) in [6.45, 7) is 7.04. The Hall–Kier alpha value is -2.14. The normalized spacial score (nSPS) is 11.7. The lowest BCUT2D eigenvalue weighted by Crippen LogP contribution is -2.23. The average molecular weight is 262 g/mol. The van der Waals surface area contributed by atoms with Gasteiger partial charge in [-0.3, -0.25) is 4.79 Å². The predicted octanol–water partition coefficient (Wildman–Crippen LogP) is 1.94. The van der Waals surface area contributed by atoms with Gasteiger partial charge in [-0.15, -0.1) is 0 Å². The van der Waals surface area contributed by atoms with E-state index in [1.807, 2.05) is 25.1 Å². The number of hydrogen-bond acceptors (Lipinski definition) is 3. The average Bonchev–Trinajstić information content (AvgIpc) is 2.34. The van der Waals surface area contributed by atoms with Crippen LogP contribution in [0.25, 0.3) is 0 Å². The van der Waals surface area contributed by atoms with Crippen molar-refractivity contribution in [1.29, 1.82) is 0 Å². The second-order valence-corrected chi connectivity index (χ2v) is 4.32. The molecule has 3 N–H and O–H groups in total. The minimum atomic E-state index is -1.01. The van der Waals surface area contributed by atoms with Gasteiger partial charge in [-0.1, -0.05) is 18.7 Å². The number of hydrogen-bond donors (Lipinski definition) is 3. The van der Waals surface area contributed by atoms with Gasteiger partial charge in [-0.05, 0) is 24.6 Å². The van der Waals surface area contributed by atoms with E-state index in [9.17, 15) is 9.59 Å². The summed E-state index contributed by atoms with van der Waals surface area (Å²) in [6, 6.07) is 7.36. The molecule has 5 heteroatoms. The first kappa shape index (κ1) is 14.9. The van der Waals surface area contributed by atoms with Crippen LogP contribution in [0.3, 0.4) is 0 Å². The van der Waals surface area contributed by atoms with Crippen LogP contribution in [-0.2, 0) is 9.59 Å². The van der Waals surface area contributed by atoms with Crippen molar-refractivity contribution in [3.63, 3.8) is 0 Å². The summed E-state index contributed by atoms with van der Waals surface area (Å²) >= 11 is 0. The summed E-state index contributed by atoms with van der Waals surface area (Å²) in [4.78, 5) is 21.6. The zero-order valence-electron chi connectivity index (χ0n) is 11.1. The van der Waals surface area contributed by atoms with Crippen molar-refractivity contribution < 1.29 is 14.7 Å². The third-order valence-electron chi connectivity index (χ3n) is 2.63. The number of carboxylic acids is 1. The van der Waals surface area contributed by atoms with E-state index in [1.165, 1.54) is 6.92 Å². The molecule has 1 aromatic rings. The van der Waals surface area contributed by atoms with E-state index in [2.05, 4.69) is 17.2 Å². The number of carbonyl (C=O) groups excluding carboxylic acids is 1. The molecule has 1 atom stereocenters.